The van der Waals surface area contributed by atoms with Gasteiger partial charge in [-0.1, -0.05) is 6.92 Å². The molecule has 0 aromatic carbocycles. The zero-order valence-electron chi connectivity index (χ0n) is 7.35. The summed E-state index contributed by atoms with van der Waals surface area (Å²) < 4.78 is 11.0. The maximum Gasteiger partial charge on any atom is 0.177 e. The van der Waals surface area contributed by atoms with Crippen LogP contribution in [0, 0.1) is 0 Å². The lowest BCUT2D eigenvalue weighted by Gasteiger charge is -2.34. The van der Waals surface area contributed by atoms with Crippen LogP contribution in [0.4, 0.5) is 0 Å². The maximum atomic E-state index is 5.53. The molecular formula is C8H17NO2. The summed E-state index contributed by atoms with van der Waals surface area (Å²) in [7, 11) is 0. The summed E-state index contributed by atoms with van der Waals surface area (Å²) in [6, 6.07) is 0. The van der Waals surface area contributed by atoms with Crippen LogP contribution in [0.25, 0.3) is 0 Å². The Bertz CT molecular complexity index is 111. The number of ether oxygens (including phenoxy) is 2. The van der Waals surface area contributed by atoms with E-state index >= 15 is 0 Å². The molecule has 0 aliphatic carbocycles. The highest BCUT2D eigenvalue weighted by Gasteiger charge is 2.27. The van der Waals surface area contributed by atoms with Gasteiger partial charge in [0, 0.05) is 19.7 Å². The number of hydrogen-bond donors (Lipinski definition) is 1. The predicted molar refractivity (Wildman–Crippen MR) is 43.5 cm³/mol. The van der Waals surface area contributed by atoms with E-state index in [1.807, 2.05) is 6.92 Å². The fourth-order valence-corrected chi connectivity index (χ4v) is 1.12. The summed E-state index contributed by atoms with van der Waals surface area (Å²) in [5, 5.41) is 3.23. The Balaban J connectivity index is 2.25. The molecule has 1 aliphatic rings. The van der Waals surface area contributed by atoms with E-state index in [1.165, 1.54) is 0 Å². The molecule has 1 aliphatic heterocycles. The van der Waals surface area contributed by atoms with Crippen molar-refractivity contribution < 1.29 is 9.47 Å². The minimum Gasteiger partial charge on any atom is -0.349 e. The van der Waals surface area contributed by atoms with Crippen LogP contribution in [0.5, 0.6) is 0 Å². The van der Waals surface area contributed by atoms with Crippen LogP contribution in [0.1, 0.15) is 20.3 Å². The van der Waals surface area contributed by atoms with Crippen molar-refractivity contribution in [1.82, 2.24) is 5.32 Å². The lowest BCUT2D eigenvalue weighted by atomic mass is 10.3. The normalized spacial score (nSPS) is 32.2. The topological polar surface area (TPSA) is 30.5 Å². The van der Waals surface area contributed by atoms with Gasteiger partial charge in [0.2, 0.25) is 0 Å². The van der Waals surface area contributed by atoms with Gasteiger partial charge in [-0.15, -0.1) is 0 Å². The van der Waals surface area contributed by atoms with Gasteiger partial charge in [0.05, 0.1) is 6.61 Å². The molecule has 1 saturated heterocycles. The van der Waals surface area contributed by atoms with Crippen molar-refractivity contribution in [2.75, 3.05) is 26.3 Å². The van der Waals surface area contributed by atoms with Crippen molar-refractivity contribution in [3.05, 3.63) is 0 Å². The summed E-state index contributed by atoms with van der Waals surface area (Å²) in [4.78, 5) is 0. The first-order valence-electron chi connectivity index (χ1n) is 4.25. The van der Waals surface area contributed by atoms with Gasteiger partial charge >= 0.3 is 0 Å². The van der Waals surface area contributed by atoms with Crippen molar-refractivity contribution in [1.29, 1.82) is 0 Å². The van der Waals surface area contributed by atoms with Crippen molar-refractivity contribution in [2.24, 2.45) is 0 Å². The third kappa shape index (κ3) is 2.77. The Hall–Kier alpha value is -0.120. The highest BCUT2D eigenvalue weighted by molar-refractivity contribution is 4.71. The number of hydrogen-bond acceptors (Lipinski definition) is 3. The first kappa shape index (κ1) is 8.97. The lowest BCUT2D eigenvalue weighted by Crippen LogP contribution is -2.49. The highest BCUT2D eigenvalue weighted by Crippen LogP contribution is 2.13. The van der Waals surface area contributed by atoms with E-state index in [9.17, 15) is 0 Å². The maximum absolute atomic E-state index is 5.53. The summed E-state index contributed by atoms with van der Waals surface area (Å²) in [6.45, 7) is 7.34. The Morgan fingerprint density at radius 1 is 1.64 bits per heavy atom. The summed E-state index contributed by atoms with van der Waals surface area (Å²) in [5.41, 5.74) is 0. The third-order valence-electron chi connectivity index (χ3n) is 1.74. The standard InChI is InChI=1S/C8H17NO2/c1-3-5-10-8(2)7-9-4-6-11-8/h9H,3-7H2,1-2H3. The van der Waals surface area contributed by atoms with Crippen molar-refractivity contribution >= 4 is 0 Å². The van der Waals surface area contributed by atoms with Crippen molar-refractivity contribution in [3.8, 4) is 0 Å². The average molecular weight is 159 g/mol. The van der Waals surface area contributed by atoms with E-state index in [0.29, 0.717) is 0 Å². The molecule has 0 spiro atoms. The Morgan fingerprint density at radius 2 is 2.45 bits per heavy atom. The summed E-state index contributed by atoms with van der Waals surface area (Å²) in [5.74, 6) is -0.381. The van der Waals surface area contributed by atoms with Gasteiger partial charge in [0.1, 0.15) is 0 Å². The first-order chi connectivity index (χ1) is 5.27. The van der Waals surface area contributed by atoms with E-state index in [2.05, 4.69) is 12.2 Å². The van der Waals surface area contributed by atoms with Gasteiger partial charge in [-0.05, 0) is 13.3 Å². The minimum absolute atomic E-state index is 0.381. The Labute approximate surface area is 68.1 Å². The second kappa shape index (κ2) is 4.04. The molecule has 11 heavy (non-hydrogen) atoms. The number of nitrogens with one attached hydrogen (secondary N) is 1. The smallest absolute Gasteiger partial charge is 0.177 e. The van der Waals surface area contributed by atoms with Crippen LogP contribution < -0.4 is 5.32 Å². The molecule has 0 radical (unpaired) electrons. The van der Waals surface area contributed by atoms with E-state index < -0.39 is 0 Å². The molecular weight excluding hydrogens is 142 g/mol. The molecule has 0 aromatic rings. The Morgan fingerprint density at radius 3 is 3.00 bits per heavy atom. The molecule has 0 aromatic heterocycles. The monoisotopic (exact) mass is 159 g/mol. The molecule has 3 nitrogen and oxygen atoms in total. The summed E-state index contributed by atoms with van der Waals surface area (Å²) >= 11 is 0. The van der Waals surface area contributed by atoms with Crippen LogP contribution in [0.2, 0.25) is 0 Å². The second-order valence-electron chi connectivity index (χ2n) is 3.01. The van der Waals surface area contributed by atoms with Crippen LogP contribution in [-0.4, -0.2) is 32.1 Å². The molecule has 66 valence electrons. The van der Waals surface area contributed by atoms with E-state index in [-0.39, 0.29) is 5.79 Å². The second-order valence-corrected chi connectivity index (χ2v) is 3.01. The predicted octanol–water partition coefficient (Wildman–Crippen LogP) is 0.749. The molecule has 1 unspecified atom stereocenters. The third-order valence-corrected chi connectivity index (χ3v) is 1.74. The molecule has 0 amide bonds. The highest BCUT2D eigenvalue weighted by atomic mass is 16.7. The van der Waals surface area contributed by atoms with Crippen LogP contribution in [-0.2, 0) is 9.47 Å². The van der Waals surface area contributed by atoms with E-state index in [4.69, 9.17) is 9.47 Å². The van der Waals surface area contributed by atoms with Gasteiger partial charge in [-0.3, -0.25) is 0 Å². The molecule has 1 rings (SSSR count). The van der Waals surface area contributed by atoms with E-state index in [0.717, 1.165) is 32.7 Å². The Kier molecular flexibility index (Phi) is 3.30. The molecule has 1 fully saturated rings. The molecule has 3 heteroatoms. The van der Waals surface area contributed by atoms with E-state index in [1.54, 1.807) is 0 Å². The number of morpholine rings is 1. The van der Waals surface area contributed by atoms with Gasteiger partial charge in [0.25, 0.3) is 0 Å². The first-order valence-corrected chi connectivity index (χ1v) is 4.25. The molecule has 0 bridgehead atoms. The van der Waals surface area contributed by atoms with Crippen molar-refractivity contribution in [3.63, 3.8) is 0 Å². The van der Waals surface area contributed by atoms with Crippen LogP contribution in [0.15, 0.2) is 0 Å². The largest absolute Gasteiger partial charge is 0.349 e. The zero-order chi connectivity index (χ0) is 8.16. The van der Waals surface area contributed by atoms with Gasteiger partial charge in [-0.2, -0.15) is 0 Å². The van der Waals surface area contributed by atoms with Gasteiger partial charge < -0.3 is 14.8 Å². The van der Waals surface area contributed by atoms with Crippen molar-refractivity contribution in [2.45, 2.75) is 26.1 Å². The zero-order valence-corrected chi connectivity index (χ0v) is 7.35. The van der Waals surface area contributed by atoms with Crippen LogP contribution in [0.3, 0.4) is 0 Å². The van der Waals surface area contributed by atoms with Crippen LogP contribution >= 0.6 is 0 Å². The summed E-state index contributed by atoms with van der Waals surface area (Å²) in [6.07, 6.45) is 1.04. The molecule has 1 N–H and O–H groups in total. The number of rotatable bonds is 3. The molecule has 1 heterocycles. The quantitative estimate of drug-likeness (QED) is 0.659. The SMILES string of the molecule is CCCOC1(C)CNCCO1. The van der Waals surface area contributed by atoms with Gasteiger partial charge in [-0.25, -0.2) is 0 Å². The van der Waals surface area contributed by atoms with Gasteiger partial charge in [0.15, 0.2) is 5.79 Å². The molecule has 0 saturated carbocycles. The minimum atomic E-state index is -0.381. The fraction of sp³-hybridized carbons (Fsp3) is 1.00. The molecule has 1 atom stereocenters. The average Bonchev–Trinajstić information content (AvgIpc) is 2.03. The lowest BCUT2D eigenvalue weighted by molar-refractivity contribution is -0.234. The fourth-order valence-electron chi connectivity index (χ4n) is 1.12.